The Morgan fingerprint density at radius 3 is 2.45 bits per heavy atom. The highest BCUT2D eigenvalue weighted by atomic mass is 16.1. The summed E-state index contributed by atoms with van der Waals surface area (Å²) < 4.78 is 0. The summed E-state index contributed by atoms with van der Waals surface area (Å²) in [5.41, 5.74) is 0. The summed E-state index contributed by atoms with van der Waals surface area (Å²) in [5.74, 6) is 0. The lowest BCUT2D eigenvalue weighted by molar-refractivity contribution is -0.116. The van der Waals surface area contributed by atoms with E-state index in [-0.39, 0.29) is 0 Å². The van der Waals surface area contributed by atoms with Crippen LogP contribution in [-0.2, 0) is 4.79 Å². The molecule has 0 N–H and O–H groups in total. The molecule has 1 amide bonds. The van der Waals surface area contributed by atoms with Crippen LogP contribution in [0.3, 0.4) is 0 Å². The second-order valence-electron chi connectivity index (χ2n) is 2.63. The van der Waals surface area contributed by atoms with Gasteiger partial charge in [0.25, 0.3) is 0 Å². The van der Waals surface area contributed by atoms with Crippen molar-refractivity contribution in [3.8, 4) is 0 Å². The van der Waals surface area contributed by atoms with E-state index in [9.17, 15) is 4.79 Å². The van der Waals surface area contributed by atoms with E-state index in [2.05, 4.69) is 19.1 Å². The minimum Gasteiger partial charge on any atom is -0.348 e. The first-order valence-corrected chi connectivity index (χ1v) is 4.11. The molecule has 0 heterocycles. The Kier molecular flexibility index (Phi) is 6.79. The summed E-state index contributed by atoms with van der Waals surface area (Å²) in [6, 6.07) is 0. The number of hydrogen-bond acceptors (Lipinski definition) is 1. The van der Waals surface area contributed by atoms with Gasteiger partial charge in [-0.05, 0) is 12.8 Å². The van der Waals surface area contributed by atoms with Crippen LogP contribution in [0.15, 0.2) is 12.2 Å². The monoisotopic (exact) mass is 155 g/mol. The molecule has 0 atom stereocenters. The summed E-state index contributed by atoms with van der Waals surface area (Å²) in [6.07, 6.45) is 8.45. The molecule has 0 radical (unpaired) electrons. The summed E-state index contributed by atoms with van der Waals surface area (Å²) in [5, 5.41) is 0. The average Bonchev–Trinajstić information content (AvgIpc) is 2.04. The van der Waals surface area contributed by atoms with Crippen molar-refractivity contribution in [2.45, 2.75) is 26.2 Å². The van der Waals surface area contributed by atoms with Crippen LogP contribution in [0.4, 0.5) is 0 Å². The summed E-state index contributed by atoms with van der Waals surface area (Å²) in [6.45, 7) is 2.98. The standard InChI is InChI=1S/C9H17NO/c1-3-4-5-6-7-8-10(2)9-11/h5-6,9H,3-4,7-8H2,1-2H3. The Hall–Kier alpha value is -0.790. The van der Waals surface area contributed by atoms with Crippen LogP contribution in [0.25, 0.3) is 0 Å². The van der Waals surface area contributed by atoms with Crippen molar-refractivity contribution in [3.63, 3.8) is 0 Å². The SMILES string of the molecule is CCCC=CCCN(C)C=O. The number of nitrogens with zero attached hydrogens (tertiary/aromatic N) is 1. The second-order valence-corrected chi connectivity index (χ2v) is 2.63. The minimum absolute atomic E-state index is 0.823. The lowest BCUT2D eigenvalue weighted by Gasteiger charge is -2.06. The van der Waals surface area contributed by atoms with E-state index in [1.165, 1.54) is 6.42 Å². The lowest BCUT2D eigenvalue weighted by atomic mass is 10.3. The number of carbonyl (C=O) groups is 1. The quantitative estimate of drug-likeness (QED) is 0.423. The molecule has 2 heteroatoms. The molecule has 0 rings (SSSR count). The number of rotatable bonds is 6. The third kappa shape index (κ3) is 7.10. The first kappa shape index (κ1) is 10.2. The van der Waals surface area contributed by atoms with E-state index in [4.69, 9.17) is 0 Å². The van der Waals surface area contributed by atoms with Gasteiger partial charge in [-0.15, -0.1) is 0 Å². The Labute approximate surface area is 68.9 Å². The molecule has 0 unspecified atom stereocenters. The first-order chi connectivity index (χ1) is 5.31. The molecule has 0 bridgehead atoms. The third-order valence-electron chi connectivity index (χ3n) is 1.45. The van der Waals surface area contributed by atoms with Gasteiger partial charge in [0, 0.05) is 13.6 Å². The zero-order valence-electron chi connectivity index (χ0n) is 7.42. The zero-order valence-corrected chi connectivity index (χ0v) is 7.42. The fraction of sp³-hybridized carbons (Fsp3) is 0.667. The van der Waals surface area contributed by atoms with Crippen LogP contribution in [0.1, 0.15) is 26.2 Å². The van der Waals surface area contributed by atoms with Gasteiger partial charge in [-0.2, -0.15) is 0 Å². The van der Waals surface area contributed by atoms with Gasteiger partial charge in [0.1, 0.15) is 0 Å². The highest BCUT2D eigenvalue weighted by molar-refractivity contribution is 5.46. The van der Waals surface area contributed by atoms with Crippen molar-refractivity contribution in [1.29, 1.82) is 0 Å². The smallest absolute Gasteiger partial charge is 0.209 e. The fourth-order valence-electron chi connectivity index (χ4n) is 0.733. The van der Waals surface area contributed by atoms with E-state index in [0.29, 0.717) is 0 Å². The van der Waals surface area contributed by atoms with Crippen molar-refractivity contribution in [3.05, 3.63) is 12.2 Å². The molecule has 0 aromatic heterocycles. The van der Waals surface area contributed by atoms with Gasteiger partial charge >= 0.3 is 0 Å². The molecule has 0 spiro atoms. The van der Waals surface area contributed by atoms with Gasteiger partial charge in [-0.1, -0.05) is 25.5 Å². The Bertz CT molecular complexity index is 121. The molecule has 11 heavy (non-hydrogen) atoms. The maximum Gasteiger partial charge on any atom is 0.209 e. The number of allylic oxidation sites excluding steroid dienone is 1. The van der Waals surface area contributed by atoms with E-state index >= 15 is 0 Å². The predicted octanol–water partition coefficient (Wildman–Crippen LogP) is 1.82. The molecule has 0 aliphatic rings. The summed E-state index contributed by atoms with van der Waals surface area (Å²) in [7, 11) is 1.79. The maximum absolute atomic E-state index is 10.1. The van der Waals surface area contributed by atoms with E-state index in [1.807, 2.05) is 0 Å². The van der Waals surface area contributed by atoms with Gasteiger partial charge in [0.2, 0.25) is 6.41 Å². The molecule has 0 aliphatic carbocycles. The fourth-order valence-corrected chi connectivity index (χ4v) is 0.733. The van der Waals surface area contributed by atoms with Gasteiger partial charge < -0.3 is 4.90 Å². The maximum atomic E-state index is 10.1. The Morgan fingerprint density at radius 2 is 1.91 bits per heavy atom. The first-order valence-electron chi connectivity index (χ1n) is 4.11. The van der Waals surface area contributed by atoms with E-state index < -0.39 is 0 Å². The number of carbonyl (C=O) groups excluding carboxylic acids is 1. The number of amides is 1. The number of hydrogen-bond donors (Lipinski definition) is 0. The zero-order chi connectivity index (χ0) is 8.53. The Morgan fingerprint density at radius 1 is 1.27 bits per heavy atom. The van der Waals surface area contributed by atoms with Crippen LogP contribution in [-0.4, -0.2) is 24.9 Å². The van der Waals surface area contributed by atoms with Crippen LogP contribution < -0.4 is 0 Å². The van der Waals surface area contributed by atoms with Gasteiger partial charge in [0.05, 0.1) is 0 Å². The van der Waals surface area contributed by atoms with Gasteiger partial charge in [0.15, 0.2) is 0 Å². The van der Waals surface area contributed by atoms with Crippen molar-refractivity contribution in [2.75, 3.05) is 13.6 Å². The summed E-state index contributed by atoms with van der Waals surface area (Å²) >= 11 is 0. The molecule has 0 aromatic carbocycles. The van der Waals surface area contributed by atoms with Crippen LogP contribution >= 0.6 is 0 Å². The highest BCUT2D eigenvalue weighted by Gasteiger charge is 1.87. The van der Waals surface area contributed by atoms with E-state index in [0.717, 1.165) is 25.8 Å². The van der Waals surface area contributed by atoms with Crippen molar-refractivity contribution in [1.82, 2.24) is 4.90 Å². The highest BCUT2D eigenvalue weighted by Crippen LogP contribution is 1.91. The topological polar surface area (TPSA) is 20.3 Å². The third-order valence-corrected chi connectivity index (χ3v) is 1.45. The molecule has 0 aliphatic heterocycles. The van der Waals surface area contributed by atoms with Crippen LogP contribution in [0, 0.1) is 0 Å². The average molecular weight is 155 g/mol. The molecule has 0 saturated carbocycles. The lowest BCUT2D eigenvalue weighted by Crippen LogP contribution is -2.16. The molecule has 0 saturated heterocycles. The number of unbranched alkanes of at least 4 members (excludes halogenated alkanes) is 1. The minimum atomic E-state index is 0.823. The Balaban J connectivity index is 3.18. The van der Waals surface area contributed by atoms with Crippen molar-refractivity contribution in [2.24, 2.45) is 0 Å². The van der Waals surface area contributed by atoms with Crippen molar-refractivity contribution >= 4 is 6.41 Å². The predicted molar refractivity (Wildman–Crippen MR) is 47.4 cm³/mol. The van der Waals surface area contributed by atoms with Crippen molar-refractivity contribution < 1.29 is 4.79 Å². The van der Waals surface area contributed by atoms with E-state index in [1.54, 1.807) is 11.9 Å². The largest absolute Gasteiger partial charge is 0.348 e. The molecule has 2 nitrogen and oxygen atoms in total. The summed E-state index contributed by atoms with van der Waals surface area (Å²) in [4.78, 5) is 11.8. The molecular weight excluding hydrogens is 138 g/mol. The molecule has 0 fully saturated rings. The molecular formula is C9H17NO. The van der Waals surface area contributed by atoms with Gasteiger partial charge in [-0.25, -0.2) is 0 Å². The van der Waals surface area contributed by atoms with Crippen LogP contribution in [0.2, 0.25) is 0 Å². The molecule has 0 aromatic rings. The normalized spacial score (nSPS) is 10.4. The van der Waals surface area contributed by atoms with Crippen LogP contribution in [0.5, 0.6) is 0 Å². The molecule has 64 valence electrons. The second kappa shape index (κ2) is 7.32. The van der Waals surface area contributed by atoms with Gasteiger partial charge in [-0.3, -0.25) is 4.79 Å².